The van der Waals surface area contributed by atoms with Crippen LogP contribution in [0.1, 0.15) is 0 Å². The van der Waals surface area contributed by atoms with Gasteiger partial charge < -0.3 is 8.83 Å². The predicted molar refractivity (Wildman–Crippen MR) is 210 cm³/mol. The van der Waals surface area contributed by atoms with E-state index in [0.717, 1.165) is 55.0 Å². The molecule has 232 valence electrons. The minimum absolute atomic E-state index is 0.793. The molecular weight excluding hydrogens is 609 g/mol. The molecule has 0 aliphatic heterocycles. The van der Waals surface area contributed by atoms with Crippen molar-refractivity contribution in [3.8, 4) is 33.4 Å². The molecular formula is C48H28O2. The van der Waals surface area contributed by atoms with Crippen LogP contribution in [0, 0.1) is 0 Å². The van der Waals surface area contributed by atoms with Gasteiger partial charge in [0.05, 0.1) is 0 Å². The number of benzene rings is 9. The molecule has 2 heterocycles. The summed E-state index contributed by atoms with van der Waals surface area (Å²) in [5.41, 5.74) is 10.5. The van der Waals surface area contributed by atoms with Gasteiger partial charge in [-0.3, -0.25) is 0 Å². The lowest BCUT2D eigenvalue weighted by Gasteiger charge is -2.18. The third-order valence-corrected chi connectivity index (χ3v) is 10.4. The van der Waals surface area contributed by atoms with Crippen molar-refractivity contribution in [1.29, 1.82) is 0 Å². The van der Waals surface area contributed by atoms with Crippen LogP contribution in [-0.4, -0.2) is 0 Å². The average molecular weight is 637 g/mol. The number of hydrogen-bond donors (Lipinski definition) is 0. The van der Waals surface area contributed by atoms with Crippen molar-refractivity contribution in [3.63, 3.8) is 0 Å². The maximum absolute atomic E-state index is 6.76. The zero-order valence-corrected chi connectivity index (χ0v) is 27.0. The van der Waals surface area contributed by atoms with Gasteiger partial charge in [-0.15, -0.1) is 0 Å². The first kappa shape index (κ1) is 27.3. The molecule has 2 nitrogen and oxygen atoms in total. The maximum Gasteiger partial charge on any atom is 0.178 e. The zero-order chi connectivity index (χ0) is 32.8. The summed E-state index contributed by atoms with van der Waals surface area (Å²) in [4.78, 5) is 0. The molecule has 0 bridgehead atoms. The Morgan fingerprint density at radius 2 is 0.780 bits per heavy atom. The van der Waals surface area contributed by atoms with Crippen LogP contribution in [-0.2, 0) is 0 Å². The number of hydrogen-bond acceptors (Lipinski definition) is 2. The third-order valence-electron chi connectivity index (χ3n) is 10.4. The molecule has 0 aliphatic carbocycles. The lowest BCUT2D eigenvalue weighted by molar-refractivity contribution is 0.633. The fraction of sp³-hybridized carbons (Fsp3) is 0. The highest BCUT2D eigenvalue weighted by molar-refractivity contribution is 6.27. The lowest BCUT2D eigenvalue weighted by Crippen LogP contribution is -1.91. The highest BCUT2D eigenvalue weighted by Gasteiger charge is 2.21. The van der Waals surface area contributed by atoms with Crippen LogP contribution in [0.15, 0.2) is 179 Å². The molecule has 11 aromatic rings. The SMILES string of the molecule is c1ccc(-c2c3ccccc3c(-c3cccc(-c4cc5oc6c(ccc7c8ccccc8oc76)c5c5ccccc45)c3)c3ccccc23)cc1. The van der Waals surface area contributed by atoms with Crippen molar-refractivity contribution in [3.05, 3.63) is 170 Å². The molecule has 0 aliphatic rings. The Balaban J connectivity index is 1.17. The first-order valence-electron chi connectivity index (χ1n) is 17.1. The molecule has 50 heavy (non-hydrogen) atoms. The molecule has 2 aromatic heterocycles. The highest BCUT2D eigenvalue weighted by Crippen LogP contribution is 2.46. The normalized spacial score (nSPS) is 12.0. The number of furan rings is 2. The van der Waals surface area contributed by atoms with Crippen molar-refractivity contribution >= 4 is 76.2 Å². The van der Waals surface area contributed by atoms with E-state index >= 15 is 0 Å². The third kappa shape index (κ3) is 3.85. The maximum atomic E-state index is 6.76. The van der Waals surface area contributed by atoms with Gasteiger partial charge in [0.2, 0.25) is 0 Å². The molecule has 0 fully saturated rings. The van der Waals surface area contributed by atoms with Crippen LogP contribution in [0.2, 0.25) is 0 Å². The molecule has 9 aromatic carbocycles. The topological polar surface area (TPSA) is 26.3 Å². The summed E-state index contributed by atoms with van der Waals surface area (Å²) in [6.45, 7) is 0. The monoisotopic (exact) mass is 636 g/mol. The molecule has 0 amide bonds. The first-order chi connectivity index (χ1) is 24.8. The Bertz CT molecular complexity index is 3080. The molecule has 0 radical (unpaired) electrons. The molecule has 0 spiro atoms. The second-order valence-corrected chi connectivity index (χ2v) is 13.2. The fourth-order valence-corrected chi connectivity index (χ4v) is 8.32. The van der Waals surface area contributed by atoms with Crippen molar-refractivity contribution in [2.75, 3.05) is 0 Å². The number of rotatable bonds is 3. The summed E-state index contributed by atoms with van der Waals surface area (Å²) in [5.74, 6) is 0. The molecule has 0 N–H and O–H groups in total. The van der Waals surface area contributed by atoms with Gasteiger partial charge in [-0.2, -0.15) is 0 Å². The van der Waals surface area contributed by atoms with E-state index in [2.05, 4.69) is 158 Å². The van der Waals surface area contributed by atoms with Crippen LogP contribution < -0.4 is 0 Å². The number of fused-ring (bicyclic) bond motifs is 11. The van der Waals surface area contributed by atoms with E-state index in [4.69, 9.17) is 8.83 Å². The lowest BCUT2D eigenvalue weighted by atomic mass is 9.85. The van der Waals surface area contributed by atoms with E-state index in [0.29, 0.717) is 0 Å². The van der Waals surface area contributed by atoms with E-state index in [1.165, 1.54) is 54.6 Å². The van der Waals surface area contributed by atoms with Crippen LogP contribution in [0.25, 0.3) is 110 Å². The summed E-state index contributed by atoms with van der Waals surface area (Å²) in [5, 5.41) is 11.7. The fourth-order valence-electron chi connectivity index (χ4n) is 8.32. The van der Waals surface area contributed by atoms with Gasteiger partial charge in [0.25, 0.3) is 0 Å². The van der Waals surface area contributed by atoms with E-state index in [1.54, 1.807) is 0 Å². The molecule has 0 saturated heterocycles. The molecule has 11 rings (SSSR count). The van der Waals surface area contributed by atoms with Crippen molar-refractivity contribution < 1.29 is 8.83 Å². The highest BCUT2D eigenvalue weighted by atomic mass is 16.4. The van der Waals surface area contributed by atoms with E-state index in [9.17, 15) is 0 Å². The molecule has 0 unspecified atom stereocenters. The van der Waals surface area contributed by atoms with Crippen LogP contribution in [0.5, 0.6) is 0 Å². The molecule has 2 heteroatoms. The Hall–Kier alpha value is -6.64. The zero-order valence-electron chi connectivity index (χ0n) is 27.0. The Labute approximate surface area is 287 Å². The molecule has 0 atom stereocenters. The van der Waals surface area contributed by atoms with E-state index in [-0.39, 0.29) is 0 Å². The van der Waals surface area contributed by atoms with Gasteiger partial charge in [-0.25, -0.2) is 0 Å². The second kappa shape index (κ2) is 10.4. The van der Waals surface area contributed by atoms with Crippen molar-refractivity contribution in [2.45, 2.75) is 0 Å². The molecule has 0 saturated carbocycles. The Kier molecular flexibility index (Phi) is 5.70. The quantitative estimate of drug-likeness (QED) is 0.180. The van der Waals surface area contributed by atoms with Gasteiger partial charge in [-0.05, 0) is 96.0 Å². The second-order valence-electron chi connectivity index (χ2n) is 13.2. The van der Waals surface area contributed by atoms with Crippen molar-refractivity contribution in [1.82, 2.24) is 0 Å². The van der Waals surface area contributed by atoms with Gasteiger partial charge >= 0.3 is 0 Å². The van der Waals surface area contributed by atoms with Crippen LogP contribution in [0.3, 0.4) is 0 Å². The van der Waals surface area contributed by atoms with Crippen LogP contribution in [0.4, 0.5) is 0 Å². The largest absolute Gasteiger partial charge is 0.452 e. The van der Waals surface area contributed by atoms with Gasteiger partial charge in [0.1, 0.15) is 11.2 Å². The Morgan fingerprint density at radius 3 is 1.50 bits per heavy atom. The summed E-state index contributed by atoms with van der Waals surface area (Å²) < 4.78 is 13.2. The Morgan fingerprint density at radius 1 is 0.280 bits per heavy atom. The van der Waals surface area contributed by atoms with Crippen LogP contribution >= 0.6 is 0 Å². The minimum atomic E-state index is 0.793. The predicted octanol–water partition coefficient (Wildman–Crippen LogP) is 13.9. The van der Waals surface area contributed by atoms with Gasteiger partial charge in [-0.1, -0.05) is 140 Å². The summed E-state index contributed by atoms with van der Waals surface area (Å²) in [6, 6.07) is 60.9. The summed E-state index contributed by atoms with van der Waals surface area (Å²) >= 11 is 0. The van der Waals surface area contributed by atoms with Gasteiger partial charge in [0.15, 0.2) is 11.2 Å². The van der Waals surface area contributed by atoms with Gasteiger partial charge in [0, 0.05) is 21.5 Å². The van der Waals surface area contributed by atoms with Crippen molar-refractivity contribution in [2.24, 2.45) is 0 Å². The average Bonchev–Trinajstić information content (AvgIpc) is 3.76. The number of para-hydroxylation sites is 1. The van der Waals surface area contributed by atoms with E-state index in [1.807, 2.05) is 12.1 Å². The standard InChI is InChI=1S/C48H28O2/c1-2-13-29(14-3-1)44-35-20-6-8-22-37(35)45(38-23-9-7-21-36(38)44)31-16-12-15-30(27-31)41-28-43-46(34-19-5-4-17-32(34)41)40-26-25-39-33-18-10-11-24-42(33)49-47(39)48(40)50-43/h1-28H. The first-order valence-corrected chi connectivity index (χ1v) is 17.1. The summed E-state index contributed by atoms with van der Waals surface area (Å²) in [7, 11) is 0. The summed E-state index contributed by atoms with van der Waals surface area (Å²) in [6.07, 6.45) is 0. The minimum Gasteiger partial charge on any atom is -0.452 e. The smallest absolute Gasteiger partial charge is 0.178 e. The van der Waals surface area contributed by atoms with E-state index < -0.39 is 0 Å².